The average molecular weight is 769 g/mol. The molecular formula is C56H32S2. The van der Waals surface area contributed by atoms with Crippen molar-refractivity contribution < 1.29 is 0 Å². The number of thiophene rings is 2. The second kappa shape index (κ2) is 12.3. The molecule has 0 aliphatic carbocycles. The molecule has 2 aromatic heterocycles. The van der Waals surface area contributed by atoms with Gasteiger partial charge in [-0.25, -0.2) is 0 Å². The Hall–Kier alpha value is -6.84. The summed E-state index contributed by atoms with van der Waals surface area (Å²) in [6.45, 7) is 0. The lowest BCUT2D eigenvalue weighted by Crippen LogP contribution is -1.91. The highest BCUT2D eigenvalue weighted by Gasteiger charge is 2.19. The standard InChI is InChI=1S/C56H32S2/c1-2-14-37-33(12-1)13-11-23-42(37)54-46-20-8-6-18-44(46)53(45-19-7-9-21-47(45)54)36-25-28-41-40-27-24-35(31-51(40)57-52(41)32-36)34-26-29-50-49(30-34)55-43-17-5-3-15-38(43)39-16-4-10-22-48(39)56(55)58-50/h1-32H. The number of fused-ring (bicyclic) bond motifs is 14. The van der Waals surface area contributed by atoms with E-state index in [4.69, 9.17) is 0 Å². The summed E-state index contributed by atoms with van der Waals surface area (Å²) in [6, 6.07) is 72.5. The fourth-order valence-corrected chi connectivity index (χ4v) is 12.3. The van der Waals surface area contributed by atoms with Crippen LogP contribution in [-0.2, 0) is 0 Å². The fraction of sp³-hybridized carbons (Fsp3) is 0. The van der Waals surface area contributed by atoms with Gasteiger partial charge >= 0.3 is 0 Å². The van der Waals surface area contributed by atoms with Crippen molar-refractivity contribution in [3.8, 4) is 33.4 Å². The molecule has 0 unspecified atom stereocenters. The normalized spacial score (nSPS) is 12.1. The van der Waals surface area contributed by atoms with Gasteiger partial charge in [0.2, 0.25) is 0 Å². The van der Waals surface area contributed by atoms with Crippen LogP contribution in [0.5, 0.6) is 0 Å². The molecule has 0 saturated heterocycles. The predicted molar refractivity (Wildman–Crippen MR) is 256 cm³/mol. The van der Waals surface area contributed by atoms with E-state index in [2.05, 4.69) is 194 Å². The van der Waals surface area contributed by atoms with E-state index in [1.54, 1.807) is 0 Å². The predicted octanol–water partition coefficient (Wildman–Crippen LogP) is 17.2. The monoisotopic (exact) mass is 768 g/mol. The number of hydrogen-bond donors (Lipinski definition) is 0. The van der Waals surface area contributed by atoms with Crippen LogP contribution in [0, 0.1) is 0 Å². The minimum absolute atomic E-state index is 1.26. The summed E-state index contributed by atoms with van der Waals surface area (Å²) < 4.78 is 5.34. The lowest BCUT2D eigenvalue weighted by atomic mass is 9.84. The van der Waals surface area contributed by atoms with Gasteiger partial charge in [0.15, 0.2) is 0 Å². The second-order valence-electron chi connectivity index (χ2n) is 15.5. The van der Waals surface area contributed by atoms with Crippen molar-refractivity contribution in [2.45, 2.75) is 0 Å². The fourth-order valence-electron chi connectivity index (χ4n) is 9.87. The summed E-state index contributed by atoms with van der Waals surface area (Å²) >= 11 is 3.82. The molecule has 13 rings (SSSR count). The van der Waals surface area contributed by atoms with Crippen molar-refractivity contribution in [2.24, 2.45) is 0 Å². The molecule has 0 N–H and O–H groups in total. The summed E-state index contributed by atoms with van der Waals surface area (Å²) in [7, 11) is 0. The third kappa shape index (κ3) is 4.62. The van der Waals surface area contributed by atoms with Crippen molar-refractivity contribution >= 4 is 117 Å². The van der Waals surface area contributed by atoms with E-state index in [0.29, 0.717) is 0 Å². The summed E-state index contributed by atoms with van der Waals surface area (Å²) in [4.78, 5) is 0. The van der Waals surface area contributed by atoms with Crippen LogP contribution in [-0.4, -0.2) is 0 Å². The third-order valence-electron chi connectivity index (χ3n) is 12.4. The molecule has 0 atom stereocenters. The smallest absolute Gasteiger partial charge is 0.0440 e. The molecule has 0 aliphatic rings. The first-order chi connectivity index (χ1) is 28.8. The topological polar surface area (TPSA) is 0 Å². The Balaban J connectivity index is 0.977. The van der Waals surface area contributed by atoms with Crippen LogP contribution >= 0.6 is 22.7 Å². The molecule has 11 aromatic carbocycles. The number of rotatable bonds is 3. The Morgan fingerprint density at radius 1 is 0.259 bits per heavy atom. The van der Waals surface area contributed by atoms with Gasteiger partial charge in [-0.15, -0.1) is 22.7 Å². The zero-order chi connectivity index (χ0) is 37.9. The van der Waals surface area contributed by atoms with E-state index in [1.807, 2.05) is 22.7 Å². The van der Waals surface area contributed by atoms with Gasteiger partial charge in [0.05, 0.1) is 0 Å². The molecule has 0 spiro atoms. The highest BCUT2D eigenvalue weighted by Crippen LogP contribution is 2.48. The lowest BCUT2D eigenvalue weighted by molar-refractivity contribution is 1.69. The molecule has 0 radical (unpaired) electrons. The first kappa shape index (κ1) is 32.3. The van der Waals surface area contributed by atoms with Crippen LogP contribution in [0.2, 0.25) is 0 Å². The molecule has 268 valence electrons. The summed E-state index contributed by atoms with van der Waals surface area (Å²) in [5.41, 5.74) is 7.65. The van der Waals surface area contributed by atoms with Crippen molar-refractivity contribution in [3.63, 3.8) is 0 Å². The first-order valence-electron chi connectivity index (χ1n) is 19.9. The van der Waals surface area contributed by atoms with Crippen LogP contribution in [0.25, 0.3) is 128 Å². The summed E-state index contributed by atoms with van der Waals surface area (Å²) in [5.74, 6) is 0. The summed E-state index contributed by atoms with van der Waals surface area (Å²) in [5, 5.41) is 18.3. The van der Waals surface area contributed by atoms with Gasteiger partial charge in [0.1, 0.15) is 0 Å². The Labute approximate surface area is 342 Å². The van der Waals surface area contributed by atoms with E-state index in [0.717, 1.165) is 0 Å². The van der Waals surface area contributed by atoms with Crippen molar-refractivity contribution in [3.05, 3.63) is 194 Å². The van der Waals surface area contributed by atoms with Crippen LogP contribution in [0.15, 0.2) is 194 Å². The molecule has 2 heterocycles. The molecule has 0 aliphatic heterocycles. The molecule has 13 aromatic rings. The second-order valence-corrected chi connectivity index (χ2v) is 17.6. The molecule has 0 amide bonds. The minimum Gasteiger partial charge on any atom is -0.135 e. The molecule has 58 heavy (non-hydrogen) atoms. The summed E-state index contributed by atoms with van der Waals surface area (Å²) in [6.07, 6.45) is 0. The molecule has 0 saturated carbocycles. The highest BCUT2D eigenvalue weighted by molar-refractivity contribution is 7.27. The van der Waals surface area contributed by atoms with Gasteiger partial charge in [0, 0.05) is 45.7 Å². The Bertz CT molecular complexity index is 3800. The van der Waals surface area contributed by atoms with Gasteiger partial charge in [-0.2, -0.15) is 0 Å². The van der Waals surface area contributed by atoms with Crippen LogP contribution in [0.4, 0.5) is 0 Å². The Morgan fingerprint density at radius 2 is 0.759 bits per heavy atom. The first-order valence-corrected chi connectivity index (χ1v) is 21.5. The maximum atomic E-state index is 2.43. The maximum Gasteiger partial charge on any atom is 0.0440 e. The van der Waals surface area contributed by atoms with Crippen molar-refractivity contribution in [1.29, 1.82) is 0 Å². The SMILES string of the molecule is c1ccc2c(-c3c4ccccc4c(-c4ccc5c(c4)sc4cc(-c6ccc7sc8c9ccccc9c9ccccc9c8c7c6)ccc45)c4ccccc34)cccc2c1. The van der Waals surface area contributed by atoms with Gasteiger partial charge in [-0.1, -0.05) is 170 Å². The van der Waals surface area contributed by atoms with E-state index >= 15 is 0 Å². The quantitative estimate of drug-likeness (QED) is 0.124. The van der Waals surface area contributed by atoms with E-state index in [1.165, 1.54) is 128 Å². The number of hydrogen-bond acceptors (Lipinski definition) is 2. The Kier molecular flexibility index (Phi) is 6.86. The molecular weight excluding hydrogens is 737 g/mol. The highest BCUT2D eigenvalue weighted by atomic mass is 32.1. The average Bonchev–Trinajstić information content (AvgIpc) is 3.86. The van der Waals surface area contributed by atoms with Crippen LogP contribution in [0.3, 0.4) is 0 Å². The van der Waals surface area contributed by atoms with Crippen molar-refractivity contribution in [2.75, 3.05) is 0 Å². The minimum atomic E-state index is 1.26. The zero-order valence-electron chi connectivity index (χ0n) is 31.3. The lowest BCUT2D eigenvalue weighted by Gasteiger charge is -2.18. The molecule has 0 fully saturated rings. The number of benzene rings is 11. The van der Waals surface area contributed by atoms with E-state index in [9.17, 15) is 0 Å². The molecule has 0 nitrogen and oxygen atoms in total. The van der Waals surface area contributed by atoms with Gasteiger partial charge in [-0.3, -0.25) is 0 Å². The van der Waals surface area contributed by atoms with Gasteiger partial charge in [-0.05, 0) is 106 Å². The van der Waals surface area contributed by atoms with Crippen LogP contribution < -0.4 is 0 Å². The molecule has 0 bridgehead atoms. The largest absolute Gasteiger partial charge is 0.135 e. The van der Waals surface area contributed by atoms with Crippen LogP contribution in [0.1, 0.15) is 0 Å². The van der Waals surface area contributed by atoms with Gasteiger partial charge in [0.25, 0.3) is 0 Å². The maximum absolute atomic E-state index is 2.43. The Morgan fingerprint density at radius 3 is 1.47 bits per heavy atom. The van der Waals surface area contributed by atoms with E-state index < -0.39 is 0 Å². The van der Waals surface area contributed by atoms with E-state index in [-0.39, 0.29) is 0 Å². The zero-order valence-corrected chi connectivity index (χ0v) is 32.9. The van der Waals surface area contributed by atoms with Crippen molar-refractivity contribution in [1.82, 2.24) is 0 Å². The van der Waals surface area contributed by atoms with Gasteiger partial charge < -0.3 is 0 Å². The molecule has 2 heteroatoms. The third-order valence-corrected chi connectivity index (χ3v) is 14.8.